The standard InChI is InChI=1S/C13H15F2NO2/c1-16(2)10-6-8(5-9(14)12(10)15)13(3-4-13)7-11(17)18/h5-6H,3-4,7H2,1-2H3,(H,17,18). The van der Waals surface area contributed by atoms with Crippen LogP contribution in [0, 0.1) is 11.6 Å². The highest BCUT2D eigenvalue weighted by Crippen LogP contribution is 2.52. The van der Waals surface area contributed by atoms with Crippen LogP contribution in [0.25, 0.3) is 0 Å². The van der Waals surface area contributed by atoms with Crippen molar-refractivity contribution in [2.24, 2.45) is 0 Å². The molecule has 0 spiro atoms. The molecule has 0 bridgehead atoms. The number of benzene rings is 1. The molecule has 5 heteroatoms. The molecule has 0 heterocycles. The van der Waals surface area contributed by atoms with Gasteiger partial charge in [0.25, 0.3) is 0 Å². The van der Waals surface area contributed by atoms with E-state index in [2.05, 4.69) is 0 Å². The zero-order chi connectivity index (χ0) is 13.5. The summed E-state index contributed by atoms with van der Waals surface area (Å²) < 4.78 is 27.1. The van der Waals surface area contributed by atoms with Gasteiger partial charge < -0.3 is 10.0 Å². The van der Waals surface area contributed by atoms with Crippen LogP contribution in [0.4, 0.5) is 14.5 Å². The summed E-state index contributed by atoms with van der Waals surface area (Å²) in [4.78, 5) is 12.3. The van der Waals surface area contributed by atoms with Gasteiger partial charge in [0.1, 0.15) is 0 Å². The van der Waals surface area contributed by atoms with Crippen molar-refractivity contribution in [3.05, 3.63) is 29.3 Å². The van der Waals surface area contributed by atoms with Gasteiger partial charge in [0.15, 0.2) is 11.6 Å². The Hall–Kier alpha value is -1.65. The molecule has 1 aromatic carbocycles. The van der Waals surface area contributed by atoms with Crippen LogP contribution in [0.5, 0.6) is 0 Å². The molecule has 98 valence electrons. The smallest absolute Gasteiger partial charge is 0.304 e. The fourth-order valence-corrected chi connectivity index (χ4v) is 2.21. The largest absolute Gasteiger partial charge is 0.481 e. The maximum Gasteiger partial charge on any atom is 0.304 e. The molecule has 3 nitrogen and oxygen atoms in total. The molecule has 1 N–H and O–H groups in total. The number of halogens is 2. The predicted molar refractivity (Wildman–Crippen MR) is 63.8 cm³/mol. The molecule has 0 radical (unpaired) electrons. The monoisotopic (exact) mass is 255 g/mol. The van der Waals surface area contributed by atoms with Crippen LogP contribution >= 0.6 is 0 Å². The number of aliphatic carboxylic acids is 1. The van der Waals surface area contributed by atoms with E-state index in [0.717, 1.165) is 6.07 Å². The lowest BCUT2D eigenvalue weighted by Crippen LogP contribution is -2.17. The molecular formula is C13H15F2NO2. The molecule has 0 amide bonds. The van der Waals surface area contributed by atoms with E-state index in [1.165, 1.54) is 4.90 Å². The quantitative estimate of drug-likeness (QED) is 0.898. The molecule has 0 saturated heterocycles. The first kappa shape index (κ1) is 12.8. The zero-order valence-corrected chi connectivity index (χ0v) is 10.3. The van der Waals surface area contributed by atoms with Gasteiger partial charge in [-0.3, -0.25) is 4.79 Å². The summed E-state index contributed by atoms with van der Waals surface area (Å²) in [6.07, 6.45) is 1.37. The Bertz CT molecular complexity index is 496. The minimum atomic E-state index is -0.923. The second kappa shape index (κ2) is 4.23. The number of carboxylic acids is 1. The summed E-state index contributed by atoms with van der Waals surface area (Å²) in [6, 6.07) is 2.67. The van der Waals surface area contributed by atoms with Crippen LogP contribution in [0.1, 0.15) is 24.8 Å². The molecule has 1 saturated carbocycles. The Balaban J connectivity index is 2.43. The number of carboxylic acid groups (broad SMARTS) is 1. The van der Waals surface area contributed by atoms with Gasteiger partial charge in [-0.1, -0.05) is 0 Å². The lowest BCUT2D eigenvalue weighted by Gasteiger charge is -2.19. The van der Waals surface area contributed by atoms with Crippen molar-refractivity contribution < 1.29 is 18.7 Å². The number of carbonyl (C=O) groups is 1. The van der Waals surface area contributed by atoms with Crippen molar-refractivity contribution in [2.75, 3.05) is 19.0 Å². The highest BCUT2D eigenvalue weighted by Gasteiger charge is 2.46. The third-order valence-electron chi connectivity index (χ3n) is 3.45. The second-order valence-corrected chi connectivity index (χ2v) is 5.04. The molecule has 0 aromatic heterocycles. The van der Waals surface area contributed by atoms with Crippen LogP contribution in [0.2, 0.25) is 0 Å². The molecule has 1 fully saturated rings. The van der Waals surface area contributed by atoms with Crippen molar-refractivity contribution in [1.29, 1.82) is 0 Å². The van der Waals surface area contributed by atoms with Crippen molar-refractivity contribution >= 4 is 11.7 Å². The van der Waals surface area contributed by atoms with E-state index in [0.29, 0.717) is 18.4 Å². The Morgan fingerprint density at radius 2 is 2.00 bits per heavy atom. The minimum absolute atomic E-state index is 0.0368. The summed E-state index contributed by atoms with van der Waals surface area (Å²) in [5.74, 6) is -2.73. The highest BCUT2D eigenvalue weighted by molar-refractivity contribution is 5.70. The Labute approximate surface area is 104 Å². The molecule has 0 aliphatic heterocycles. The van der Waals surface area contributed by atoms with E-state index in [4.69, 9.17) is 5.11 Å². The average molecular weight is 255 g/mol. The van der Waals surface area contributed by atoms with Crippen molar-refractivity contribution in [1.82, 2.24) is 0 Å². The first-order valence-electron chi connectivity index (χ1n) is 5.74. The van der Waals surface area contributed by atoms with E-state index in [1.807, 2.05) is 0 Å². The lowest BCUT2D eigenvalue weighted by atomic mass is 9.91. The molecule has 18 heavy (non-hydrogen) atoms. The molecule has 0 atom stereocenters. The van der Waals surface area contributed by atoms with Crippen molar-refractivity contribution in [3.8, 4) is 0 Å². The van der Waals surface area contributed by atoms with Crippen LogP contribution < -0.4 is 4.90 Å². The van der Waals surface area contributed by atoms with E-state index < -0.39 is 23.0 Å². The molecular weight excluding hydrogens is 240 g/mol. The third kappa shape index (κ3) is 2.17. The fraction of sp³-hybridized carbons (Fsp3) is 0.462. The topological polar surface area (TPSA) is 40.5 Å². The number of rotatable bonds is 4. The van der Waals surface area contributed by atoms with Gasteiger partial charge in [-0.15, -0.1) is 0 Å². The van der Waals surface area contributed by atoms with Gasteiger partial charge in [0.2, 0.25) is 0 Å². The first-order chi connectivity index (χ1) is 8.35. The van der Waals surface area contributed by atoms with Gasteiger partial charge >= 0.3 is 5.97 Å². The second-order valence-electron chi connectivity index (χ2n) is 5.04. The lowest BCUT2D eigenvalue weighted by molar-refractivity contribution is -0.137. The van der Waals surface area contributed by atoms with Gasteiger partial charge in [-0.2, -0.15) is 0 Å². The number of hydrogen-bond acceptors (Lipinski definition) is 2. The number of anilines is 1. The summed E-state index contributed by atoms with van der Waals surface area (Å²) in [7, 11) is 3.25. The molecule has 1 aromatic rings. The Morgan fingerprint density at radius 1 is 1.39 bits per heavy atom. The summed E-state index contributed by atoms with van der Waals surface area (Å²) in [5, 5.41) is 8.87. The van der Waals surface area contributed by atoms with Gasteiger partial charge in [0.05, 0.1) is 12.1 Å². The average Bonchev–Trinajstić information content (AvgIpc) is 3.01. The van der Waals surface area contributed by atoms with Gasteiger partial charge in [-0.05, 0) is 30.5 Å². The number of hydrogen-bond donors (Lipinski definition) is 1. The molecule has 1 aliphatic carbocycles. The highest BCUT2D eigenvalue weighted by atomic mass is 19.2. The van der Waals surface area contributed by atoms with Crippen LogP contribution in [0.3, 0.4) is 0 Å². The summed E-state index contributed by atoms with van der Waals surface area (Å²) in [5.41, 5.74) is 0.222. The van der Waals surface area contributed by atoms with Crippen LogP contribution in [-0.2, 0) is 10.2 Å². The van der Waals surface area contributed by atoms with E-state index in [9.17, 15) is 13.6 Å². The van der Waals surface area contributed by atoms with E-state index >= 15 is 0 Å². The van der Waals surface area contributed by atoms with E-state index in [1.54, 1.807) is 20.2 Å². The van der Waals surface area contributed by atoms with Gasteiger partial charge in [-0.25, -0.2) is 8.78 Å². The first-order valence-corrected chi connectivity index (χ1v) is 5.74. The maximum absolute atomic E-state index is 13.6. The molecule has 0 unspecified atom stereocenters. The fourth-order valence-electron chi connectivity index (χ4n) is 2.21. The van der Waals surface area contributed by atoms with Crippen LogP contribution in [-0.4, -0.2) is 25.2 Å². The van der Waals surface area contributed by atoms with Crippen LogP contribution in [0.15, 0.2) is 12.1 Å². The van der Waals surface area contributed by atoms with Gasteiger partial charge in [0, 0.05) is 19.5 Å². The predicted octanol–water partition coefficient (Wildman–Crippen LogP) is 2.54. The normalized spacial score (nSPS) is 16.4. The Kier molecular flexibility index (Phi) is 3.00. The van der Waals surface area contributed by atoms with E-state index in [-0.39, 0.29) is 12.1 Å². The summed E-state index contributed by atoms with van der Waals surface area (Å²) >= 11 is 0. The molecule has 1 aliphatic rings. The van der Waals surface area contributed by atoms with Crippen molar-refractivity contribution in [3.63, 3.8) is 0 Å². The van der Waals surface area contributed by atoms with Crippen molar-refractivity contribution in [2.45, 2.75) is 24.7 Å². The minimum Gasteiger partial charge on any atom is -0.481 e. The number of nitrogens with zero attached hydrogens (tertiary/aromatic N) is 1. The summed E-state index contributed by atoms with van der Waals surface area (Å²) in [6.45, 7) is 0. The SMILES string of the molecule is CN(C)c1cc(C2(CC(=O)O)CC2)cc(F)c1F. The molecule has 2 rings (SSSR count). The maximum atomic E-state index is 13.6. The zero-order valence-electron chi connectivity index (χ0n) is 10.3. The third-order valence-corrected chi connectivity index (χ3v) is 3.45. The Morgan fingerprint density at radius 3 is 2.44 bits per heavy atom.